The highest BCUT2D eigenvalue weighted by Crippen LogP contribution is 2.34. The summed E-state index contributed by atoms with van der Waals surface area (Å²) < 4.78 is 26.4. The maximum Gasteiger partial charge on any atom is 0.243 e. The number of rotatable bonds is 8. The van der Waals surface area contributed by atoms with Gasteiger partial charge in [0.25, 0.3) is 0 Å². The summed E-state index contributed by atoms with van der Waals surface area (Å²) in [6.07, 6.45) is 0. The van der Waals surface area contributed by atoms with Gasteiger partial charge >= 0.3 is 0 Å². The van der Waals surface area contributed by atoms with E-state index in [0.717, 1.165) is 0 Å². The van der Waals surface area contributed by atoms with Crippen molar-refractivity contribution in [3.05, 3.63) is 46.7 Å². The molecule has 0 radical (unpaired) electrons. The smallest absolute Gasteiger partial charge is 0.243 e. The van der Waals surface area contributed by atoms with Gasteiger partial charge in [-0.2, -0.15) is 4.31 Å². The molecular formula is C21H31N3O3S2. The Bertz CT molecular complexity index is 900. The number of amides is 1. The summed E-state index contributed by atoms with van der Waals surface area (Å²) >= 11 is 1.67. The average Bonchev–Trinajstić information content (AvgIpc) is 3.14. The lowest BCUT2D eigenvalue weighted by molar-refractivity contribution is -0.115. The number of hydrogen-bond donors (Lipinski definition) is 2. The quantitative estimate of drug-likeness (QED) is 0.652. The Labute approximate surface area is 178 Å². The summed E-state index contributed by atoms with van der Waals surface area (Å²) in [4.78, 5) is 13.8. The van der Waals surface area contributed by atoms with E-state index in [0.29, 0.717) is 5.69 Å². The monoisotopic (exact) mass is 437 g/mol. The number of anilines is 1. The lowest BCUT2D eigenvalue weighted by Gasteiger charge is -2.30. The zero-order chi connectivity index (χ0) is 21.8. The van der Waals surface area contributed by atoms with Crippen LogP contribution in [0.25, 0.3) is 0 Å². The number of nitrogens with one attached hydrogen (secondary N) is 2. The number of hydrogen-bond acceptors (Lipinski definition) is 5. The standard InChI is InChI=1S/C21H31N3O3S2/c1-15(2)24(6)29(26,27)17-11-9-16(10-12-17)23-19(25)14-22-20(21(3,4)5)18-8-7-13-28-18/h7-13,15,20,22H,14H2,1-6H3,(H,23,25). The summed E-state index contributed by atoms with van der Waals surface area (Å²) in [6.45, 7) is 10.2. The number of carbonyl (C=O) groups is 1. The molecule has 1 unspecified atom stereocenters. The molecule has 1 atom stereocenters. The van der Waals surface area contributed by atoms with Gasteiger partial charge in [0.1, 0.15) is 0 Å². The number of nitrogens with zero attached hydrogens (tertiary/aromatic N) is 1. The molecule has 0 saturated heterocycles. The first-order valence-electron chi connectivity index (χ1n) is 9.57. The van der Waals surface area contributed by atoms with E-state index in [1.54, 1.807) is 30.5 Å². The third-order valence-corrected chi connectivity index (χ3v) is 7.69. The highest BCUT2D eigenvalue weighted by Gasteiger charge is 2.27. The molecule has 1 aromatic heterocycles. The van der Waals surface area contributed by atoms with Gasteiger partial charge < -0.3 is 10.6 Å². The Balaban J connectivity index is 2.01. The largest absolute Gasteiger partial charge is 0.325 e. The fourth-order valence-corrected chi connectivity index (χ4v) is 5.26. The molecular weight excluding hydrogens is 406 g/mol. The first kappa shape index (κ1) is 23.5. The predicted molar refractivity (Wildman–Crippen MR) is 120 cm³/mol. The lowest BCUT2D eigenvalue weighted by Crippen LogP contribution is -2.37. The normalized spacial score (nSPS) is 13.7. The highest BCUT2D eigenvalue weighted by atomic mass is 32.2. The van der Waals surface area contributed by atoms with Crippen molar-refractivity contribution in [3.8, 4) is 0 Å². The molecule has 29 heavy (non-hydrogen) atoms. The Morgan fingerprint density at radius 1 is 1.14 bits per heavy atom. The highest BCUT2D eigenvalue weighted by molar-refractivity contribution is 7.89. The van der Waals surface area contributed by atoms with Crippen molar-refractivity contribution in [2.75, 3.05) is 18.9 Å². The molecule has 1 amide bonds. The Morgan fingerprint density at radius 2 is 1.76 bits per heavy atom. The summed E-state index contributed by atoms with van der Waals surface area (Å²) in [5.74, 6) is -0.175. The second-order valence-electron chi connectivity index (χ2n) is 8.38. The van der Waals surface area contributed by atoms with Crippen LogP contribution in [-0.4, -0.2) is 38.3 Å². The van der Waals surface area contributed by atoms with Crippen LogP contribution in [0.1, 0.15) is 45.5 Å². The molecule has 2 aromatic rings. The molecule has 1 heterocycles. The molecule has 2 rings (SSSR count). The zero-order valence-corrected chi connectivity index (χ0v) is 19.5. The van der Waals surface area contributed by atoms with Gasteiger partial charge in [0.05, 0.1) is 11.4 Å². The maximum atomic E-state index is 12.5. The van der Waals surface area contributed by atoms with E-state index in [9.17, 15) is 13.2 Å². The molecule has 0 aliphatic heterocycles. The van der Waals surface area contributed by atoms with E-state index in [1.807, 2.05) is 25.3 Å². The van der Waals surface area contributed by atoms with Crippen LogP contribution in [-0.2, 0) is 14.8 Å². The van der Waals surface area contributed by atoms with Crippen LogP contribution in [0, 0.1) is 5.41 Å². The number of sulfonamides is 1. The van der Waals surface area contributed by atoms with E-state index >= 15 is 0 Å². The molecule has 0 fully saturated rings. The van der Waals surface area contributed by atoms with Gasteiger partial charge in [-0.25, -0.2) is 8.42 Å². The minimum Gasteiger partial charge on any atom is -0.325 e. The van der Waals surface area contributed by atoms with Crippen LogP contribution in [0.4, 0.5) is 5.69 Å². The SMILES string of the molecule is CC(C)N(C)S(=O)(=O)c1ccc(NC(=O)CNC(c2cccs2)C(C)(C)C)cc1. The topological polar surface area (TPSA) is 78.5 Å². The van der Waals surface area contributed by atoms with E-state index in [2.05, 4.69) is 37.5 Å². The van der Waals surface area contributed by atoms with E-state index in [4.69, 9.17) is 0 Å². The molecule has 1 aromatic carbocycles. The molecule has 0 aliphatic rings. The van der Waals surface area contributed by atoms with Crippen molar-refractivity contribution in [2.24, 2.45) is 5.41 Å². The van der Waals surface area contributed by atoms with E-state index in [1.165, 1.54) is 21.3 Å². The van der Waals surface area contributed by atoms with E-state index < -0.39 is 10.0 Å². The molecule has 0 saturated carbocycles. The second kappa shape index (κ2) is 9.38. The van der Waals surface area contributed by atoms with Gasteiger partial charge in [-0.1, -0.05) is 26.8 Å². The Kier molecular flexibility index (Phi) is 7.62. The van der Waals surface area contributed by atoms with Gasteiger partial charge in [0, 0.05) is 29.7 Å². The number of benzene rings is 1. The summed E-state index contributed by atoms with van der Waals surface area (Å²) in [5, 5.41) is 8.19. The molecule has 160 valence electrons. The summed E-state index contributed by atoms with van der Waals surface area (Å²) in [7, 11) is -1.98. The predicted octanol–water partition coefficient (Wildman–Crippen LogP) is 4.09. The Morgan fingerprint density at radius 3 is 2.24 bits per heavy atom. The third kappa shape index (κ3) is 6.12. The zero-order valence-electron chi connectivity index (χ0n) is 17.9. The third-order valence-electron chi connectivity index (χ3n) is 4.70. The van der Waals surface area contributed by atoms with Gasteiger partial charge in [-0.3, -0.25) is 4.79 Å². The van der Waals surface area contributed by atoms with Crippen molar-refractivity contribution in [3.63, 3.8) is 0 Å². The molecule has 8 heteroatoms. The van der Waals surface area contributed by atoms with Gasteiger partial charge in [0.2, 0.25) is 15.9 Å². The first-order valence-corrected chi connectivity index (χ1v) is 11.9. The lowest BCUT2D eigenvalue weighted by atomic mass is 9.86. The molecule has 0 spiro atoms. The molecule has 0 aliphatic carbocycles. The van der Waals surface area contributed by atoms with Crippen molar-refractivity contribution in [1.29, 1.82) is 0 Å². The first-order chi connectivity index (χ1) is 13.4. The van der Waals surface area contributed by atoms with Crippen LogP contribution >= 0.6 is 11.3 Å². The van der Waals surface area contributed by atoms with Gasteiger partial charge in [0.15, 0.2) is 0 Å². The summed E-state index contributed by atoms with van der Waals surface area (Å²) in [6, 6.07) is 10.3. The van der Waals surface area contributed by atoms with Crippen LogP contribution < -0.4 is 10.6 Å². The number of carbonyl (C=O) groups excluding carboxylic acids is 1. The van der Waals surface area contributed by atoms with Crippen LogP contribution in [0.2, 0.25) is 0 Å². The molecule has 0 bridgehead atoms. The van der Waals surface area contributed by atoms with Crippen LogP contribution in [0.5, 0.6) is 0 Å². The van der Waals surface area contributed by atoms with Crippen molar-refractivity contribution >= 4 is 33.0 Å². The number of thiophene rings is 1. The van der Waals surface area contributed by atoms with Gasteiger partial charge in [-0.15, -0.1) is 11.3 Å². The van der Waals surface area contributed by atoms with Crippen LogP contribution in [0.3, 0.4) is 0 Å². The fourth-order valence-electron chi connectivity index (χ4n) is 2.84. The van der Waals surface area contributed by atoms with Gasteiger partial charge in [-0.05, 0) is 55.0 Å². The maximum absolute atomic E-state index is 12.5. The molecule has 6 nitrogen and oxygen atoms in total. The summed E-state index contributed by atoms with van der Waals surface area (Å²) in [5.41, 5.74) is 0.523. The minimum absolute atomic E-state index is 0.0381. The Hall–Kier alpha value is -1.74. The van der Waals surface area contributed by atoms with Crippen molar-refractivity contribution in [1.82, 2.24) is 9.62 Å². The molecule has 2 N–H and O–H groups in total. The minimum atomic E-state index is -3.54. The van der Waals surface area contributed by atoms with Crippen LogP contribution in [0.15, 0.2) is 46.7 Å². The second-order valence-corrected chi connectivity index (χ2v) is 11.4. The average molecular weight is 438 g/mol. The van der Waals surface area contributed by atoms with Crippen molar-refractivity contribution in [2.45, 2.75) is 51.6 Å². The van der Waals surface area contributed by atoms with Crippen molar-refractivity contribution < 1.29 is 13.2 Å². The fraction of sp³-hybridized carbons (Fsp3) is 0.476. The van der Waals surface area contributed by atoms with E-state index in [-0.39, 0.29) is 34.8 Å².